The fraction of sp³-hybridized carbons (Fsp3) is 0.824. The van der Waals surface area contributed by atoms with Crippen molar-refractivity contribution < 1.29 is 4.79 Å². The molecule has 120 valence electrons. The highest BCUT2D eigenvalue weighted by molar-refractivity contribution is 5.80. The van der Waals surface area contributed by atoms with Gasteiger partial charge < -0.3 is 10.2 Å². The van der Waals surface area contributed by atoms with Crippen LogP contribution in [0.3, 0.4) is 0 Å². The lowest BCUT2D eigenvalue weighted by Gasteiger charge is -2.33. The molecular weight excluding hydrogens is 262 g/mol. The average Bonchev–Trinajstić information content (AvgIpc) is 3.01. The fourth-order valence-corrected chi connectivity index (χ4v) is 3.50. The number of carbonyl (C=O) groups is 1. The van der Waals surface area contributed by atoms with E-state index in [-0.39, 0.29) is 0 Å². The van der Waals surface area contributed by atoms with Gasteiger partial charge in [0.15, 0.2) is 0 Å². The summed E-state index contributed by atoms with van der Waals surface area (Å²) >= 11 is 0. The van der Waals surface area contributed by atoms with Crippen LogP contribution in [0.2, 0.25) is 0 Å². The quantitative estimate of drug-likeness (QED) is 0.782. The van der Waals surface area contributed by atoms with Gasteiger partial charge in [-0.1, -0.05) is 6.08 Å². The maximum Gasteiger partial charge on any atom is 0.240 e. The first-order valence-corrected chi connectivity index (χ1v) is 8.61. The Bertz CT molecular complexity index is 359. The predicted octanol–water partition coefficient (Wildman–Crippen LogP) is 2.22. The average molecular weight is 293 g/mol. The Morgan fingerprint density at radius 1 is 1.43 bits per heavy atom. The Kier molecular flexibility index (Phi) is 6.71. The molecule has 0 aromatic carbocycles. The molecule has 0 aromatic heterocycles. The van der Waals surface area contributed by atoms with Crippen molar-refractivity contribution in [1.82, 2.24) is 15.1 Å². The zero-order valence-electron chi connectivity index (χ0n) is 13.7. The van der Waals surface area contributed by atoms with Crippen LogP contribution in [0.4, 0.5) is 0 Å². The number of rotatable bonds is 7. The number of likely N-dealkylation sites (tertiary alicyclic amines) is 1. The summed E-state index contributed by atoms with van der Waals surface area (Å²) in [5, 5.41) is 3.23. The summed E-state index contributed by atoms with van der Waals surface area (Å²) in [6.45, 7) is 6.77. The van der Waals surface area contributed by atoms with Crippen LogP contribution in [0.25, 0.3) is 0 Å². The normalized spacial score (nSPS) is 20.6. The lowest BCUT2D eigenvalue weighted by atomic mass is 9.93. The van der Waals surface area contributed by atoms with Crippen molar-refractivity contribution in [2.45, 2.75) is 45.4 Å². The largest absolute Gasteiger partial charge is 0.320 e. The highest BCUT2D eigenvalue weighted by Gasteiger charge is 2.24. The van der Waals surface area contributed by atoms with E-state index < -0.39 is 0 Å². The van der Waals surface area contributed by atoms with Crippen LogP contribution in [0.5, 0.6) is 0 Å². The van der Waals surface area contributed by atoms with E-state index in [4.69, 9.17) is 0 Å². The third-order valence-corrected chi connectivity index (χ3v) is 4.85. The van der Waals surface area contributed by atoms with E-state index >= 15 is 0 Å². The van der Waals surface area contributed by atoms with Gasteiger partial charge in [0.1, 0.15) is 0 Å². The summed E-state index contributed by atoms with van der Waals surface area (Å²) in [7, 11) is 2.02. The minimum Gasteiger partial charge on any atom is -0.320 e. The first kappa shape index (κ1) is 16.5. The second-order valence-electron chi connectivity index (χ2n) is 6.34. The molecule has 2 rings (SSSR count). The van der Waals surface area contributed by atoms with Crippen LogP contribution in [0.1, 0.15) is 45.4 Å². The van der Waals surface area contributed by atoms with E-state index in [1.807, 2.05) is 11.9 Å². The van der Waals surface area contributed by atoms with Gasteiger partial charge in [-0.2, -0.15) is 0 Å². The van der Waals surface area contributed by atoms with Gasteiger partial charge in [0.25, 0.3) is 0 Å². The Morgan fingerprint density at radius 2 is 2.19 bits per heavy atom. The maximum absolute atomic E-state index is 12.5. The number of piperidine rings is 1. The van der Waals surface area contributed by atoms with Gasteiger partial charge in [0.05, 0.1) is 6.54 Å². The smallest absolute Gasteiger partial charge is 0.240 e. The Labute approximate surface area is 129 Å². The molecule has 0 spiro atoms. The third kappa shape index (κ3) is 4.82. The number of hydrogen-bond donors (Lipinski definition) is 1. The first-order valence-electron chi connectivity index (χ1n) is 8.61. The number of allylic oxidation sites excluding steroid dienone is 2. The number of carbonyl (C=O) groups excluding carboxylic acids is 1. The molecule has 0 bridgehead atoms. The summed E-state index contributed by atoms with van der Waals surface area (Å²) in [5.41, 5.74) is 1.26. The van der Waals surface area contributed by atoms with E-state index in [2.05, 4.69) is 23.2 Å². The topological polar surface area (TPSA) is 35.6 Å². The second kappa shape index (κ2) is 8.54. The van der Waals surface area contributed by atoms with Crippen LogP contribution < -0.4 is 5.32 Å². The predicted molar refractivity (Wildman–Crippen MR) is 87.0 cm³/mol. The van der Waals surface area contributed by atoms with Crippen molar-refractivity contribution in [3.8, 4) is 0 Å². The number of nitrogens with zero attached hydrogens (tertiary/aromatic N) is 2. The fourth-order valence-electron chi connectivity index (χ4n) is 3.50. The summed E-state index contributed by atoms with van der Waals surface area (Å²) in [6.07, 6.45) is 9.41. The molecule has 0 atom stereocenters. The molecule has 4 nitrogen and oxygen atoms in total. The van der Waals surface area contributed by atoms with Crippen LogP contribution >= 0.6 is 0 Å². The van der Waals surface area contributed by atoms with Crippen LogP contribution in [-0.2, 0) is 4.79 Å². The SMILES string of the molecule is CCN(C(=O)CN1CCC(CCNC)CC1)C1=CCCC1. The molecule has 1 heterocycles. The Morgan fingerprint density at radius 3 is 2.76 bits per heavy atom. The second-order valence-corrected chi connectivity index (χ2v) is 6.34. The summed E-state index contributed by atoms with van der Waals surface area (Å²) in [4.78, 5) is 16.9. The minimum absolute atomic E-state index is 0.291. The molecular formula is C17H31N3O. The standard InChI is InChI=1S/C17H31N3O/c1-3-20(16-6-4-5-7-16)17(21)14-19-12-9-15(10-13-19)8-11-18-2/h6,15,18H,3-5,7-14H2,1-2H3. The van der Waals surface area contributed by atoms with Crippen molar-refractivity contribution in [1.29, 1.82) is 0 Å². The maximum atomic E-state index is 12.5. The number of amides is 1. The van der Waals surface area contributed by atoms with Gasteiger partial charge in [0, 0.05) is 12.2 Å². The van der Waals surface area contributed by atoms with Gasteiger partial charge >= 0.3 is 0 Å². The zero-order chi connectivity index (χ0) is 15.1. The summed E-state index contributed by atoms with van der Waals surface area (Å²) in [5.74, 6) is 1.13. The molecule has 1 amide bonds. The van der Waals surface area contributed by atoms with E-state index in [0.29, 0.717) is 12.5 Å². The molecule has 2 aliphatic rings. The number of hydrogen-bond acceptors (Lipinski definition) is 3. The van der Waals surface area contributed by atoms with Crippen molar-refractivity contribution in [2.75, 3.05) is 39.8 Å². The van der Waals surface area contributed by atoms with Crippen molar-refractivity contribution >= 4 is 5.91 Å². The molecule has 1 aliphatic heterocycles. The van der Waals surface area contributed by atoms with Crippen molar-refractivity contribution in [2.24, 2.45) is 5.92 Å². The van der Waals surface area contributed by atoms with Crippen LogP contribution in [-0.4, -0.2) is 55.5 Å². The monoisotopic (exact) mass is 293 g/mol. The summed E-state index contributed by atoms with van der Waals surface area (Å²) in [6, 6.07) is 0. The van der Waals surface area contributed by atoms with Gasteiger partial charge in [0.2, 0.25) is 5.91 Å². The van der Waals surface area contributed by atoms with Gasteiger partial charge in [-0.15, -0.1) is 0 Å². The van der Waals surface area contributed by atoms with Gasteiger partial charge in [-0.3, -0.25) is 9.69 Å². The van der Waals surface area contributed by atoms with Gasteiger partial charge in [-0.05, 0) is 78.0 Å². The first-order chi connectivity index (χ1) is 10.2. The molecule has 0 unspecified atom stereocenters. The Balaban J connectivity index is 1.75. The molecule has 1 aliphatic carbocycles. The third-order valence-electron chi connectivity index (χ3n) is 4.85. The molecule has 21 heavy (non-hydrogen) atoms. The molecule has 1 fully saturated rings. The van der Waals surface area contributed by atoms with E-state index in [1.54, 1.807) is 0 Å². The van der Waals surface area contributed by atoms with E-state index in [0.717, 1.165) is 44.9 Å². The lowest BCUT2D eigenvalue weighted by molar-refractivity contribution is -0.130. The Hall–Kier alpha value is -0.870. The van der Waals surface area contributed by atoms with Crippen LogP contribution in [0.15, 0.2) is 11.8 Å². The van der Waals surface area contributed by atoms with Crippen molar-refractivity contribution in [3.05, 3.63) is 11.8 Å². The number of likely N-dealkylation sites (N-methyl/N-ethyl adjacent to an activating group) is 1. The summed E-state index contributed by atoms with van der Waals surface area (Å²) < 4.78 is 0. The number of nitrogens with one attached hydrogen (secondary N) is 1. The molecule has 0 aromatic rings. The highest BCUT2D eigenvalue weighted by atomic mass is 16.2. The molecule has 0 radical (unpaired) electrons. The molecule has 1 saturated heterocycles. The highest BCUT2D eigenvalue weighted by Crippen LogP contribution is 2.23. The van der Waals surface area contributed by atoms with E-state index in [9.17, 15) is 4.79 Å². The van der Waals surface area contributed by atoms with Crippen LogP contribution in [0, 0.1) is 5.92 Å². The van der Waals surface area contributed by atoms with Gasteiger partial charge in [-0.25, -0.2) is 0 Å². The molecule has 0 saturated carbocycles. The zero-order valence-corrected chi connectivity index (χ0v) is 13.7. The van der Waals surface area contributed by atoms with E-state index in [1.165, 1.54) is 31.4 Å². The van der Waals surface area contributed by atoms with Crippen molar-refractivity contribution in [3.63, 3.8) is 0 Å². The molecule has 4 heteroatoms. The minimum atomic E-state index is 0.291. The lowest BCUT2D eigenvalue weighted by Crippen LogP contribution is -2.43. The molecule has 1 N–H and O–H groups in total.